The zero-order valence-electron chi connectivity index (χ0n) is 12.5. The van der Waals surface area contributed by atoms with Gasteiger partial charge in [0.1, 0.15) is 5.82 Å². The van der Waals surface area contributed by atoms with Crippen LogP contribution in [0.3, 0.4) is 0 Å². The summed E-state index contributed by atoms with van der Waals surface area (Å²) in [7, 11) is 0. The molecule has 2 aromatic rings. The molecule has 0 saturated carbocycles. The van der Waals surface area contributed by atoms with Crippen LogP contribution in [-0.2, 0) is 0 Å². The maximum absolute atomic E-state index is 14.3. The van der Waals surface area contributed by atoms with Crippen molar-refractivity contribution in [2.75, 3.05) is 13.1 Å². The van der Waals surface area contributed by atoms with Crippen LogP contribution in [0.4, 0.5) is 4.39 Å². The molecule has 1 aromatic carbocycles. The molecule has 1 fully saturated rings. The number of fused-ring (bicyclic) bond motifs is 1. The Morgan fingerprint density at radius 3 is 2.55 bits per heavy atom. The molecule has 1 aromatic heterocycles. The van der Waals surface area contributed by atoms with Crippen molar-refractivity contribution in [1.82, 2.24) is 9.88 Å². The van der Waals surface area contributed by atoms with Gasteiger partial charge in [0.2, 0.25) is 0 Å². The third kappa shape index (κ3) is 2.47. The minimum absolute atomic E-state index is 0.0421. The number of hydrogen-bond acceptors (Lipinski definition) is 1. The van der Waals surface area contributed by atoms with Gasteiger partial charge >= 0.3 is 0 Å². The Hall–Kier alpha value is -1.35. The van der Waals surface area contributed by atoms with Crippen molar-refractivity contribution >= 4 is 10.9 Å². The molecule has 1 N–H and O–H groups in total. The van der Waals surface area contributed by atoms with E-state index >= 15 is 0 Å². The molecule has 2 nitrogen and oxygen atoms in total. The van der Waals surface area contributed by atoms with Gasteiger partial charge in [-0.15, -0.1) is 0 Å². The van der Waals surface area contributed by atoms with E-state index in [0.29, 0.717) is 12.0 Å². The maximum Gasteiger partial charge on any atom is 0.127 e. The van der Waals surface area contributed by atoms with Crippen LogP contribution in [0.1, 0.15) is 43.9 Å². The first-order valence-corrected chi connectivity index (χ1v) is 7.57. The molecular weight excluding hydrogens is 251 g/mol. The van der Waals surface area contributed by atoms with E-state index in [-0.39, 0.29) is 5.82 Å². The van der Waals surface area contributed by atoms with Crippen molar-refractivity contribution < 1.29 is 4.39 Å². The highest BCUT2D eigenvalue weighted by Crippen LogP contribution is 2.32. The average molecular weight is 274 g/mol. The Bertz CT molecular complexity index is 607. The van der Waals surface area contributed by atoms with E-state index in [1.807, 2.05) is 19.1 Å². The third-order valence-corrected chi connectivity index (χ3v) is 4.57. The van der Waals surface area contributed by atoms with Crippen molar-refractivity contribution in [2.45, 2.75) is 45.6 Å². The summed E-state index contributed by atoms with van der Waals surface area (Å²) < 4.78 is 14.3. The molecule has 0 aliphatic carbocycles. The number of nitrogens with zero attached hydrogens (tertiary/aromatic N) is 1. The molecule has 0 atom stereocenters. The number of H-pyrrole nitrogens is 1. The van der Waals surface area contributed by atoms with Gasteiger partial charge in [0.05, 0.1) is 0 Å². The quantitative estimate of drug-likeness (QED) is 0.869. The zero-order chi connectivity index (χ0) is 14.3. The van der Waals surface area contributed by atoms with Gasteiger partial charge in [-0.3, -0.25) is 0 Å². The molecule has 3 rings (SSSR count). The minimum atomic E-state index is -0.0421. The summed E-state index contributed by atoms with van der Waals surface area (Å²) in [5, 5.41) is 0.975. The lowest BCUT2D eigenvalue weighted by Gasteiger charge is -2.34. The number of piperidine rings is 1. The van der Waals surface area contributed by atoms with Crippen LogP contribution in [0.15, 0.2) is 18.2 Å². The predicted molar refractivity (Wildman–Crippen MR) is 81.7 cm³/mol. The van der Waals surface area contributed by atoms with Gasteiger partial charge < -0.3 is 9.88 Å². The summed E-state index contributed by atoms with van der Waals surface area (Å²) in [6, 6.07) is 6.30. The van der Waals surface area contributed by atoms with E-state index in [1.54, 1.807) is 6.07 Å². The smallest absolute Gasteiger partial charge is 0.127 e. The number of hydrogen-bond donors (Lipinski definition) is 1. The molecule has 0 radical (unpaired) electrons. The van der Waals surface area contributed by atoms with E-state index in [2.05, 4.69) is 23.7 Å². The summed E-state index contributed by atoms with van der Waals surface area (Å²) >= 11 is 0. The average Bonchev–Trinajstić information content (AvgIpc) is 2.77. The van der Waals surface area contributed by atoms with Gasteiger partial charge in [0, 0.05) is 22.6 Å². The van der Waals surface area contributed by atoms with Crippen LogP contribution >= 0.6 is 0 Å². The highest BCUT2D eigenvalue weighted by atomic mass is 19.1. The van der Waals surface area contributed by atoms with E-state index in [9.17, 15) is 4.39 Å². The highest BCUT2D eigenvalue weighted by molar-refractivity contribution is 5.81. The van der Waals surface area contributed by atoms with Crippen LogP contribution < -0.4 is 0 Å². The highest BCUT2D eigenvalue weighted by Gasteiger charge is 2.24. The molecular formula is C17H23FN2. The van der Waals surface area contributed by atoms with Crippen LogP contribution in [0.25, 0.3) is 10.9 Å². The first-order chi connectivity index (χ1) is 9.54. The molecule has 0 bridgehead atoms. The number of aromatic amines is 1. The normalized spacial score (nSPS) is 18.2. The lowest BCUT2D eigenvalue weighted by Crippen LogP contribution is -2.38. The van der Waals surface area contributed by atoms with Gasteiger partial charge in [-0.1, -0.05) is 0 Å². The number of nitrogens with one attached hydrogen (secondary N) is 1. The number of aromatic nitrogens is 1. The van der Waals surface area contributed by atoms with E-state index in [1.165, 1.54) is 0 Å². The Balaban J connectivity index is 1.85. The van der Waals surface area contributed by atoms with Gasteiger partial charge in [0.25, 0.3) is 0 Å². The molecule has 1 aliphatic rings. The summed E-state index contributed by atoms with van der Waals surface area (Å²) in [5.74, 6) is 0.317. The second-order valence-electron chi connectivity index (χ2n) is 6.32. The topological polar surface area (TPSA) is 19.0 Å². The zero-order valence-corrected chi connectivity index (χ0v) is 12.5. The number of rotatable bonds is 2. The van der Waals surface area contributed by atoms with Crippen molar-refractivity contribution in [1.29, 1.82) is 0 Å². The van der Waals surface area contributed by atoms with Crippen LogP contribution in [0.2, 0.25) is 0 Å². The Labute approximate surface area is 120 Å². The summed E-state index contributed by atoms with van der Waals surface area (Å²) in [6.07, 6.45) is 2.11. The minimum Gasteiger partial charge on any atom is -0.359 e. The van der Waals surface area contributed by atoms with E-state index in [4.69, 9.17) is 0 Å². The predicted octanol–water partition coefficient (Wildman–Crippen LogP) is 4.20. The second-order valence-corrected chi connectivity index (χ2v) is 6.32. The molecule has 0 amide bonds. The maximum atomic E-state index is 14.3. The van der Waals surface area contributed by atoms with Crippen molar-refractivity contribution in [2.24, 2.45) is 0 Å². The van der Waals surface area contributed by atoms with Gasteiger partial charge in [0.15, 0.2) is 0 Å². The number of likely N-dealkylation sites (tertiary alicyclic amines) is 1. The van der Waals surface area contributed by atoms with Crippen molar-refractivity contribution in [3.8, 4) is 0 Å². The SMILES string of the molecule is Cc1cc2cc(F)c(C3CCN(C(C)C)CC3)cc2[nH]1. The standard InChI is InChI=1S/C17H23FN2/c1-11(2)20-6-4-13(5-7-20)15-10-17-14(9-16(15)18)8-12(3)19-17/h8-11,13,19H,4-7H2,1-3H3. The monoisotopic (exact) mass is 274 g/mol. The van der Waals surface area contributed by atoms with Crippen molar-refractivity contribution in [3.05, 3.63) is 35.3 Å². The van der Waals surface area contributed by atoms with Gasteiger partial charge in [-0.05, 0) is 76.4 Å². The molecule has 1 aliphatic heterocycles. The Morgan fingerprint density at radius 2 is 1.90 bits per heavy atom. The van der Waals surface area contributed by atoms with Crippen LogP contribution in [-0.4, -0.2) is 29.0 Å². The number of benzene rings is 1. The van der Waals surface area contributed by atoms with E-state index in [0.717, 1.165) is 48.1 Å². The fraction of sp³-hybridized carbons (Fsp3) is 0.529. The van der Waals surface area contributed by atoms with Gasteiger partial charge in [-0.2, -0.15) is 0 Å². The van der Waals surface area contributed by atoms with Crippen LogP contribution in [0, 0.1) is 12.7 Å². The largest absolute Gasteiger partial charge is 0.359 e. The lowest BCUT2D eigenvalue weighted by atomic mass is 9.88. The summed E-state index contributed by atoms with van der Waals surface area (Å²) in [4.78, 5) is 5.79. The molecule has 0 spiro atoms. The fourth-order valence-corrected chi connectivity index (χ4v) is 3.35. The summed E-state index contributed by atoms with van der Waals surface area (Å²) in [6.45, 7) is 8.62. The van der Waals surface area contributed by atoms with Crippen LogP contribution in [0.5, 0.6) is 0 Å². The molecule has 2 heterocycles. The molecule has 1 saturated heterocycles. The molecule has 3 heteroatoms. The van der Waals surface area contributed by atoms with Crippen molar-refractivity contribution in [3.63, 3.8) is 0 Å². The first-order valence-electron chi connectivity index (χ1n) is 7.57. The van der Waals surface area contributed by atoms with E-state index < -0.39 is 0 Å². The lowest BCUT2D eigenvalue weighted by molar-refractivity contribution is 0.171. The third-order valence-electron chi connectivity index (χ3n) is 4.57. The second kappa shape index (κ2) is 5.21. The molecule has 20 heavy (non-hydrogen) atoms. The molecule has 0 unspecified atom stereocenters. The summed E-state index contributed by atoms with van der Waals surface area (Å²) in [5.41, 5.74) is 3.04. The number of aryl methyl sites for hydroxylation is 1. The Kier molecular flexibility index (Phi) is 3.55. The number of halogens is 1. The first kappa shape index (κ1) is 13.6. The fourth-order valence-electron chi connectivity index (χ4n) is 3.35. The van der Waals surface area contributed by atoms with Gasteiger partial charge in [-0.25, -0.2) is 4.39 Å². The molecule has 108 valence electrons. The Morgan fingerprint density at radius 1 is 1.20 bits per heavy atom.